The number of carbonyl (C=O) groups excluding carboxylic acids is 3. The number of likely N-dealkylation sites (N-methyl/N-ethyl adjacent to an activating group) is 1. The minimum Gasteiger partial charge on any atom is -0.343 e. The summed E-state index contributed by atoms with van der Waals surface area (Å²) in [5.41, 5.74) is 0.511. The molecule has 0 aliphatic carbocycles. The molecule has 2 rings (SSSR count). The lowest BCUT2D eigenvalue weighted by molar-refractivity contribution is -0.134. The van der Waals surface area contributed by atoms with Crippen LogP contribution in [0.1, 0.15) is 24.2 Å². The second kappa shape index (κ2) is 10.4. The van der Waals surface area contributed by atoms with Crippen molar-refractivity contribution < 1.29 is 14.4 Å². The van der Waals surface area contributed by atoms with Crippen molar-refractivity contribution in [3.63, 3.8) is 0 Å². The van der Waals surface area contributed by atoms with E-state index >= 15 is 0 Å². The smallest absolute Gasteiger partial charge is 0.251 e. The van der Waals surface area contributed by atoms with Crippen molar-refractivity contribution in [1.82, 2.24) is 20.0 Å². The molecule has 1 aliphatic heterocycles. The number of benzene rings is 1. The molecule has 1 fully saturated rings. The summed E-state index contributed by atoms with van der Waals surface area (Å²) in [6, 6.07) is 7.04. The number of halogens is 1. The SMILES string of the molecule is CCN(CC)C(=O)CN1CCN(C(=O)CNC(=O)c2cccc(Br)c2)CC1. The number of hydrogen-bond acceptors (Lipinski definition) is 4. The number of piperazine rings is 1. The number of amides is 3. The molecule has 1 aromatic rings. The first-order valence-electron chi connectivity index (χ1n) is 9.26. The van der Waals surface area contributed by atoms with Crippen LogP contribution in [-0.2, 0) is 9.59 Å². The van der Waals surface area contributed by atoms with Crippen LogP contribution in [0, 0.1) is 0 Å². The summed E-state index contributed by atoms with van der Waals surface area (Å²) >= 11 is 3.33. The Bertz CT molecular complexity index is 671. The maximum absolute atomic E-state index is 12.3. The fraction of sp³-hybridized carbons (Fsp3) is 0.526. The highest BCUT2D eigenvalue weighted by Gasteiger charge is 2.23. The Balaban J connectivity index is 1.74. The second-order valence-electron chi connectivity index (χ2n) is 6.42. The molecule has 1 aromatic carbocycles. The van der Waals surface area contributed by atoms with E-state index in [4.69, 9.17) is 0 Å². The van der Waals surface area contributed by atoms with Gasteiger partial charge in [0.25, 0.3) is 5.91 Å². The van der Waals surface area contributed by atoms with Crippen LogP contribution in [0.2, 0.25) is 0 Å². The molecule has 0 saturated carbocycles. The first-order valence-corrected chi connectivity index (χ1v) is 10.1. The Labute approximate surface area is 168 Å². The van der Waals surface area contributed by atoms with Gasteiger partial charge in [0.2, 0.25) is 11.8 Å². The van der Waals surface area contributed by atoms with Crippen molar-refractivity contribution in [1.29, 1.82) is 0 Å². The van der Waals surface area contributed by atoms with Crippen LogP contribution in [0.15, 0.2) is 28.7 Å². The summed E-state index contributed by atoms with van der Waals surface area (Å²) in [5, 5.41) is 2.67. The van der Waals surface area contributed by atoms with E-state index in [0.29, 0.717) is 51.4 Å². The molecule has 0 spiro atoms. The molecule has 1 N–H and O–H groups in total. The quantitative estimate of drug-likeness (QED) is 0.693. The summed E-state index contributed by atoms with van der Waals surface area (Å²) in [6.45, 7) is 8.20. The maximum Gasteiger partial charge on any atom is 0.251 e. The third kappa shape index (κ3) is 6.32. The number of nitrogens with zero attached hydrogens (tertiary/aromatic N) is 3. The first-order chi connectivity index (χ1) is 12.9. The Morgan fingerprint density at radius 3 is 2.37 bits per heavy atom. The van der Waals surface area contributed by atoms with Crippen molar-refractivity contribution in [2.24, 2.45) is 0 Å². The van der Waals surface area contributed by atoms with Gasteiger partial charge in [-0.05, 0) is 32.0 Å². The average molecular weight is 439 g/mol. The molecule has 0 atom stereocenters. The highest BCUT2D eigenvalue weighted by molar-refractivity contribution is 9.10. The van der Waals surface area contributed by atoms with Crippen LogP contribution in [0.5, 0.6) is 0 Å². The van der Waals surface area contributed by atoms with E-state index in [2.05, 4.69) is 26.1 Å². The van der Waals surface area contributed by atoms with Crippen LogP contribution in [-0.4, -0.2) is 84.8 Å². The molecule has 7 nitrogen and oxygen atoms in total. The lowest BCUT2D eigenvalue weighted by Gasteiger charge is -2.35. The lowest BCUT2D eigenvalue weighted by Crippen LogP contribution is -2.53. The zero-order chi connectivity index (χ0) is 19.8. The molecular formula is C19H27BrN4O3. The molecule has 8 heteroatoms. The first kappa shape index (κ1) is 21.4. The van der Waals surface area contributed by atoms with Crippen LogP contribution in [0.4, 0.5) is 0 Å². The molecule has 1 aliphatic rings. The summed E-state index contributed by atoms with van der Waals surface area (Å²) in [7, 11) is 0. The standard InChI is InChI=1S/C19H27BrN4O3/c1-3-23(4-2)18(26)14-22-8-10-24(11-9-22)17(25)13-21-19(27)15-6-5-7-16(20)12-15/h5-7,12H,3-4,8-11,13-14H2,1-2H3,(H,21,27). The van der Waals surface area contributed by atoms with Gasteiger partial charge in [-0.15, -0.1) is 0 Å². The van der Waals surface area contributed by atoms with E-state index in [1.807, 2.05) is 24.8 Å². The van der Waals surface area contributed by atoms with E-state index in [-0.39, 0.29) is 24.3 Å². The van der Waals surface area contributed by atoms with Gasteiger partial charge in [-0.25, -0.2) is 0 Å². The van der Waals surface area contributed by atoms with Gasteiger partial charge >= 0.3 is 0 Å². The Morgan fingerprint density at radius 2 is 1.78 bits per heavy atom. The molecule has 0 aromatic heterocycles. The van der Waals surface area contributed by atoms with Gasteiger partial charge in [-0.3, -0.25) is 19.3 Å². The van der Waals surface area contributed by atoms with Crippen molar-refractivity contribution in [2.75, 3.05) is 52.4 Å². The Hall–Kier alpha value is -1.93. The van der Waals surface area contributed by atoms with Crippen LogP contribution in [0.25, 0.3) is 0 Å². The molecular weight excluding hydrogens is 412 g/mol. The van der Waals surface area contributed by atoms with Crippen molar-refractivity contribution in [3.05, 3.63) is 34.3 Å². The lowest BCUT2D eigenvalue weighted by atomic mass is 10.2. The number of carbonyl (C=O) groups is 3. The Kier molecular flexibility index (Phi) is 8.24. The number of rotatable bonds is 7. The normalized spacial score (nSPS) is 14.7. The van der Waals surface area contributed by atoms with Crippen molar-refractivity contribution in [2.45, 2.75) is 13.8 Å². The largest absolute Gasteiger partial charge is 0.343 e. The summed E-state index contributed by atoms with van der Waals surface area (Å²) in [5.74, 6) is -0.248. The zero-order valence-corrected chi connectivity index (χ0v) is 17.5. The monoisotopic (exact) mass is 438 g/mol. The molecule has 0 bridgehead atoms. The topological polar surface area (TPSA) is 73.0 Å². The fourth-order valence-corrected chi connectivity index (χ4v) is 3.42. The molecule has 0 radical (unpaired) electrons. The molecule has 148 valence electrons. The predicted octanol–water partition coefficient (Wildman–Crippen LogP) is 1.19. The summed E-state index contributed by atoms with van der Waals surface area (Å²) < 4.78 is 0.817. The summed E-state index contributed by atoms with van der Waals surface area (Å²) in [6.07, 6.45) is 0. The second-order valence-corrected chi connectivity index (χ2v) is 7.33. The molecule has 27 heavy (non-hydrogen) atoms. The van der Waals surface area contributed by atoms with E-state index in [9.17, 15) is 14.4 Å². The number of hydrogen-bond donors (Lipinski definition) is 1. The highest BCUT2D eigenvalue weighted by Crippen LogP contribution is 2.11. The van der Waals surface area contributed by atoms with Gasteiger partial charge in [-0.2, -0.15) is 0 Å². The molecule has 0 unspecified atom stereocenters. The minimum absolute atomic E-state index is 0.0241. The molecule has 1 heterocycles. The predicted molar refractivity (Wildman–Crippen MR) is 107 cm³/mol. The van der Waals surface area contributed by atoms with E-state index in [0.717, 1.165) is 4.47 Å². The third-order valence-electron chi connectivity index (χ3n) is 4.69. The van der Waals surface area contributed by atoms with Gasteiger partial charge < -0.3 is 15.1 Å². The minimum atomic E-state index is -0.270. The fourth-order valence-electron chi connectivity index (χ4n) is 3.02. The van der Waals surface area contributed by atoms with Crippen molar-refractivity contribution in [3.8, 4) is 0 Å². The van der Waals surface area contributed by atoms with E-state index in [1.54, 1.807) is 23.1 Å². The van der Waals surface area contributed by atoms with Gasteiger partial charge in [-0.1, -0.05) is 22.0 Å². The van der Waals surface area contributed by atoms with E-state index < -0.39 is 0 Å². The van der Waals surface area contributed by atoms with E-state index in [1.165, 1.54) is 0 Å². The van der Waals surface area contributed by atoms with Crippen LogP contribution >= 0.6 is 15.9 Å². The number of nitrogens with one attached hydrogen (secondary N) is 1. The van der Waals surface area contributed by atoms with Crippen molar-refractivity contribution >= 4 is 33.7 Å². The zero-order valence-electron chi connectivity index (χ0n) is 15.9. The van der Waals surface area contributed by atoms with Gasteiger partial charge in [0.1, 0.15) is 0 Å². The van der Waals surface area contributed by atoms with Crippen LogP contribution in [0.3, 0.4) is 0 Å². The maximum atomic E-state index is 12.3. The van der Waals surface area contributed by atoms with Gasteiger partial charge in [0.15, 0.2) is 0 Å². The molecule has 3 amide bonds. The highest BCUT2D eigenvalue weighted by atomic mass is 79.9. The van der Waals surface area contributed by atoms with Gasteiger partial charge in [0, 0.05) is 49.3 Å². The molecule has 1 saturated heterocycles. The third-order valence-corrected chi connectivity index (χ3v) is 5.18. The summed E-state index contributed by atoms with van der Waals surface area (Å²) in [4.78, 5) is 42.3. The van der Waals surface area contributed by atoms with Gasteiger partial charge in [0.05, 0.1) is 13.1 Å². The Morgan fingerprint density at radius 1 is 1.11 bits per heavy atom. The van der Waals surface area contributed by atoms with Crippen LogP contribution < -0.4 is 5.32 Å². The average Bonchev–Trinajstić information content (AvgIpc) is 2.67.